The van der Waals surface area contributed by atoms with Gasteiger partial charge in [0.25, 0.3) is 11.8 Å². The van der Waals surface area contributed by atoms with Crippen molar-refractivity contribution in [3.63, 3.8) is 0 Å². The topological polar surface area (TPSA) is 88.1 Å². The quantitative estimate of drug-likeness (QED) is 0.495. The van der Waals surface area contributed by atoms with Crippen molar-refractivity contribution < 1.29 is 9.59 Å². The SMILES string of the molecule is Cc1cc(C)c2nc(-c3ccncc3)cc(C(=O)Nc3nc(C)c(C(=O)N(C)C)s3)c2c1. The summed E-state index contributed by atoms with van der Waals surface area (Å²) in [5.74, 6) is -0.434. The van der Waals surface area contributed by atoms with Crippen molar-refractivity contribution in [3.05, 3.63) is 70.0 Å². The second-order valence-corrected chi connectivity index (χ2v) is 8.86. The van der Waals surface area contributed by atoms with E-state index in [9.17, 15) is 9.59 Å². The summed E-state index contributed by atoms with van der Waals surface area (Å²) in [6.07, 6.45) is 3.40. The first-order chi connectivity index (χ1) is 15.2. The maximum Gasteiger partial charge on any atom is 0.265 e. The number of fused-ring (bicyclic) bond motifs is 1. The van der Waals surface area contributed by atoms with Crippen LogP contribution in [-0.4, -0.2) is 45.8 Å². The van der Waals surface area contributed by atoms with Crippen molar-refractivity contribution in [3.8, 4) is 11.3 Å². The molecule has 4 rings (SSSR count). The van der Waals surface area contributed by atoms with E-state index in [-0.39, 0.29) is 11.8 Å². The highest BCUT2D eigenvalue weighted by Gasteiger charge is 2.20. The molecular formula is C24H23N5O2S. The normalized spacial score (nSPS) is 10.9. The van der Waals surface area contributed by atoms with Crippen LogP contribution < -0.4 is 5.32 Å². The first-order valence-electron chi connectivity index (χ1n) is 10.1. The van der Waals surface area contributed by atoms with E-state index in [1.54, 1.807) is 39.5 Å². The van der Waals surface area contributed by atoms with Crippen LogP contribution in [0.5, 0.6) is 0 Å². The van der Waals surface area contributed by atoms with Gasteiger partial charge in [0.2, 0.25) is 0 Å². The van der Waals surface area contributed by atoms with Gasteiger partial charge in [-0.25, -0.2) is 9.97 Å². The van der Waals surface area contributed by atoms with Gasteiger partial charge in [0.1, 0.15) is 4.88 Å². The molecule has 0 aliphatic heterocycles. The number of anilines is 1. The van der Waals surface area contributed by atoms with Crippen LogP contribution >= 0.6 is 11.3 Å². The van der Waals surface area contributed by atoms with Gasteiger partial charge in [0.15, 0.2) is 5.13 Å². The van der Waals surface area contributed by atoms with Crippen LogP contribution in [0.25, 0.3) is 22.2 Å². The Balaban J connectivity index is 1.80. The monoisotopic (exact) mass is 445 g/mol. The molecule has 0 radical (unpaired) electrons. The number of pyridine rings is 2. The Morgan fingerprint density at radius 1 is 1.00 bits per heavy atom. The number of benzene rings is 1. The second kappa shape index (κ2) is 8.47. The van der Waals surface area contributed by atoms with Gasteiger partial charge in [-0.15, -0.1) is 0 Å². The van der Waals surface area contributed by atoms with E-state index in [0.29, 0.717) is 27.0 Å². The number of thiazole rings is 1. The van der Waals surface area contributed by atoms with Crippen molar-refractivity contribution in [1.29, 1.82) is 0 Å². The van der Waals surface area contributed by atoms with E-state index in [1.807, 2.05) is 32.0 Å². The van der Waals surface area contributed by atoms with Gasteiger partial charge in [0, 0.05) is 37.4 Å². The number of carbonyl (C=O) groups is 2. The molecule has 0 fully saturated rings. The molecule has 8 heteroatoms. The van der Waals surface area contributed by atoms with E-state index < -0.39 is 0 Å². The molecule has 0 bridgehead atoms. The van der Waals surface area contributed by atoms with Gasteiger partial charge in [-0.1, -0.05) is 23.0 Å². The maximum atomic E-state index is 13.4. The van der Waals surface area contributed by atoms with Crippen LogP contribution in [0.2, 0.25) is 0 Å². The number of amides is 2. The van der Waals surface area contributed by atoms with Crippen molar-refractivity contribution in [2.24, 2.45) is 0 Å². The minimum Gasteiger partial charge on any atom is -0.344 e. The van der Waals surface area contributed by atoms with Gasteiger partial charge in [-0.2, -0.15) is 0 Å². The Morgan fingerprint density at radius 2 is 1.72 bits per heavy atom. The zero-order valence-electron chi connectivity index (χ0n) is 18.6. The first kappa shape index (κ1) is 21.6. The number of aromatic nitrogens is 3. The number of carbonyl (C=O) groups excluding carboxylic acids is 2. The second-order valence-electron chi connectivity index (χ2n) is 7.86. The highest BCUT2D eigenvalue weighted by atomic mass is 32.1. The summed E-state index contributed by atoms with van der Waals surface area (Å²) in [6.45, 7) is 5.75. The molecule has 3 heterocycles. The number of nitrogens with zero attached hydrogens (tertiary/aromatic N) is 4. The van der Waals surface area contributed by atoms with Crippen LogP contribution in [0.3, 0.4) is 0 Å². The van der Waals surface area contributed by atoms with Crippen LogP contribution in [0.15, 0.2) is 42.7 Å². The summed E-state index contributed by atoms with van der Waals surface area (Å²) in [6, 6.07) is 9.54. The molecule has 4 aromatic rings. The molecule has 1 aromatic carbocycles. The molecule has 0 spiro atoms. The Labute approximate surface area is 190 Å². The van der Waals surface area contributed by atoms with E-state index >= 15 is 0 Å². The van der Waals surface area contributed by atoms with Gasteiger partial charge < -0.3 is 4.90 Å². The van der Waals surface area contributed by atoms with Crippen LogP contribution in [0.1, 0.15) is 36.9 Å². The number of rotatable bonds is 4. The molecule has 0 saturated carbocycles. The van der Waals surface area contributed by atoms with Crippen LogP contribution in [-0.2, 0) is 0 Å². The predicted octanol–water partition coefficient (Wildman–Crippen LogP) is 4.63. The number of hydrogen-bond donors (Lipinski definition) is 1. The molecule has 0 atom stereocenters. The molecule has 0 unspecified atom stereocenters. The lowest BCUT2D eigenvalue weighted by Crippen LogP contribution is -2.21. The van der Waals surface area contributed by atoms with E-state index in [4.69, 9.17) is 4.98 Å². The molecule has 0 saturated heterocycles. The zero-order valence-corrected chi connectivity index (χ0v) is 19.4. The fourth-order valence-electron chi connectivity index (χ4n) is 3.56. The van der Waals surface area contributed by atoms with Crippen LogP contribution in [0.4, 0.5) is 5.13 Å². The fraction of sp³-hybridized carbons (Fsp3) is 0.208. The van der Waals surface area contributed by atoms with E-state index in [1.165, 1.54) is 16.2 Å². The molecule has 3 aromatic heterocycles. The van der Waals surface area contributed by atoms with Gasteiger partial charge in [-0.3, -0.25) is 19.9 Å². The molecule has 1 N–H and O–H groups in total. The smallest absolute Gasteiger partial charge is 0.265 e. The Hall–Kier alpha value is -3.65. The molecule has 0 aliphatic rings. The Bertz CT molecular complexity index is 1350. The van der Waals surface area contributed by atoms with Crippen molar-refractivity contribution >= 4 is 39.2 Å². The molecule has 7 nitrogen and oxygen atoms in total. The Kier molecular flexibility index (Phi) is 5.71. The maximum absolute atomic E-state index is 13.4. The third-order valence-corrected chi connectivity index (χ3v) is 6.15. The average Bonchev–Trinajstić information content (AvgIpc) is 3.12. The summed E-state index contributed by atoms with van der Waals surface area (Å²) in [4.78, 5) is 41.0. The molecular weight excluding hydrogens is 422 g/mol. The highest BCUT2D eigenvalue weighted by Crippen LogP contribution is 2.29. The number of hydrogen-bond acceptors (Lipinski definition) is 6. The van der Waals surface area contributed by atoms with Crippen molar-refractivity contribution in [2.45, 2.75) is 20.8 Å². The predicted molar refractivity (Wildman–Crippen MR) is 127 cm³/mol. The van der Waals surface area contributed by atoms with E-state index in [0.717, 1.165) is 27.6 Å². The average molecular weight is 446 g/mol. The summed E-state index contributed by atoms with van der Waals surface area (Å²) in [5.41, 5.74) is 5.47. The van der Waals surface area contributed by atoms with Gasteiger partial charge in [0.05, 0.1) is 22.5 Å². The largest absolute Gasteiger partial charge is 0.344 e. The molecule has 2 amide bonds. The van der Waals surface area contributed by atoms with Gasteiger partial charge >= 0.3 is 0 Å². The summed E-state index contributed by atoms with van der Waals surface area (Å²) < 4.78 is 0. The van der Waals surface area contributed by atoms with Gasteiger partial charge in [-0.05, 0) is 50.6 Å². The van der Waals surface area contributed by atoms with Crippen molar-refractivity contribution in [2.75, 3.05) is 19.4 Å². The van der Waals surface area contributed by atoms with E-state index in [2.05, 4.69) is 21.4 Å². The lowest BCUT2D eigenvalue weighted by atomic mass is 9.99. The minimum atomic E-state index is -0.296. The lowest BCUT2D eigenvalue weighted by molar-refractivity contribution is 0.0831. The van der Waals surface area contributed by atoms with Crippen LogP contribution in [0, 0.1) is 20.8 Å². The zero-order chi connectivity index (χ0) is 23.0. The number of aryl methyl sites for hydroxylation is 3. The number of nitrogens with one attached hydrogen (secondary N) is 1. The fourth-order valence-corrected chi connectivity index (χ4v) is 4.54. The minimum absolute atomic E-state index is 0.138. The lowest BCUT2D eigenvalue weighted by Gasteiger charge is -2.12. The molecule has 0 aliphatic carbocycles. The van der Waals surface area contributed by atoms with Crippen molar-refractivity contribution in [1.82, 2.24) is 19.9 Å². The highest BCUT2D eigenvalue weighted by molar-refractivity contribution is 7.17. The first-order valence-corrected chi connectivity index (χ1v) is 10.9. The summed E-state index contributed by atoms with van der Waals surface area (Å²) in [5, 5.41) is 4.04. The third kappa shape index (κ3) is 4.09. The standard InChI is InChI=1S/C24H23N5O2S/c1-13-10-14(2)20-17(11-13)18(12-19(27-20)16-6-8-25-9-7-16)22(30)28-24-26-15(3)21(32-24)23(31)29(4)5/h6-12H,1-5H3,(H,26,28,30). The summed E-state index contributed by atoms with van der Waals surface area (Å²) in [7, 11) is 3.38. The molecule has 162 valence electrons. The molecule has 32 heavy (non-hydrogen) atoms. The third-order valence-electron chi connectivity index (χ3n) is 5.09. The summed E-state index contributed by atoms with van der Waals surface area (Å²) >= 11 is 1.17. The Morgan fingerprint density at radius 3 is 2.41 bits per heavy atom.